The fourth-order valence-electron chi connectivity index (χ4n) is 2.62. The fourth-order valence-corrected chi connectivity index (χ4v) is 2.76. The molecule has 1 aliphatic rings. The van der Waals surface area contributed by atoms with E-state index in [1.165, 1.54) is 25.7 Å². The number of rotatable bonds is 5. The summed E-state index contributed by atoms with van der Waals surface area (Å²) in [7, 11) is 0. The molecule has 0 N–H and O–H groups in total. The Morgan fingerprint density at radius 1 is 1.28 bits per heavy atom. The molecular formula is C14H22ClN3. The highest BCUT2D eigenvalue weighted by molar-refractivity contribution is 6.16. The molecule has 0 bridgehead atoms. The van der Waals surface area contributed by atoms with Crippen LogP contribution < -0.4 is 4.90 Å². The highest BCUT2D eigenvalue weighted by Crippen LogP contribution is 2.27. The van der Waals surface area contributed by atoms with E-state index in [-0.39, 0.29) is 0 Å². The molecule has 0 saturated heterocycles. The van der Waals surface area contributed by atoms with Crippen LogP contribution in [-0.2, 0) is 5.88 Å². The average Bonchev–Trinajstić information content (AvgIpc) is 2.89. The second kappa shape index (κ2) is 6.37. The number of nitrogens with zero attached hydrogens (tertiary/aromatic N) is 3. The van der Waals surface area contributed by atoms with E-state index in [9.17, 15) is 0 Å². The maximum Gasteiger partial charge on any atom is 0.151 e. The van der Waals surface area contributed by atoms with E-state index in [4.69, 9.17) is 11.6 Å². The second-order valence-electron chi connectivity index (χ2n) is 5.50. The van der Waals surface area contributed by atoms with Crippen LogP contribution in [0.15, 0.2) is 12.1 Å². The molecule has 1 fully saturated rings. The Kier molecular flexibility index (Phi) is 4.81. The number of alkyl halides is 1. The summed E-state index contributed by atoms with van der Waals surface area (Å²) in [6, 6.07) is 4.69. The molecule has 0 unspecified atom stereocenters. The van der Waals surface area contributed by atoms with Gasteiger partial charge in [-0.1, -0.05) is 26.7 Å². The van der Waals surface area contributed by atoms with Gasteiger partial charge in [-0.05, 0) is 30.9 Å². The summed E-state index contributed by atoms with van der Waals surface area (Å²) in [5, 5.41) is 8.51. The van der Waals surface area contributed by atoms with Gasteiger partial charge in [-0.15, -0.1) is 16.7 Å². The van der Waals surface area contributed by atoms with Crippen LogP contribution >= 0.6 is 11.6 Å². The van der Waals surface area contributed by atoms with E-state index >= 15 is 0 Å². The predicted molar refractivity (Wildman–Crippen MR) is 76.0 cm³/mol. The van der Waals surface area contributed by atoms with Crippen molar-refractivity contribution in [2.45, 2.75) is 51.5 Å². The van der Waals surface area contributed by atoms with E-state index in [2.05, 4.69) is 35.0 Å². The summed E-state index contributed by atoms with van der Waals surface area (Å²) in [5.41, 5.74) is 0.844. The highest BCUT2D eigenvalue weighted by Gasteiger charge is 2.24. The van der Waals surface area contributed by atoms with Crippen LogP contribution in [0.25, 0.3) is 0 Å². The van der Waals surface area contributed by atoms with E-state index in [0.717, 1.165) is 18.1 Å². The maximum atomic E-state index is 5.75. The normalized spacial score (nSPS) is 16.4. The van der Waals surface area contributed by atoms with E-state index in [1.54, 1.807) is 0 Å². The van der Waals surface area contributed by atoms with Crippen molar-refractivity contribution >= 4 is 17.4 Å². The minimum absolute atomic E-state index is 0.431. The molecule has 3 nitrogen and oxygen atoms in total. The van der Waals surface area contributed by atoms with Crippen molar-refractivity contribution in [2.75, 3.05) is 11.4 Å². The molecule has 18 heavy (non-hydrogen) atoms. The first kappa shape index (κ1) is 13.6. The van der Waals surface area contributed by atoms with Crippen LogP contribution in [0.5, 0.6) is 0 Å². The molecule has 1 saturated carbocycles. The summed E-state index contributed by atoms with van der Waals surface area (Å²) in [4.78, 5) is 2.43. The predicted octanol–water partition coefficient (Wildman–Crippen LogP) is 3.62. The number of hydrogen-bond donors (Lipinski definition) is 0. The zero-order valence-electron chi connectivity index (χ0n) is 11.3. The fraction of sp³-hybridized carbons (Fsp3) is 0.714. The van der Waals surface area contributed by atoms with Crippen LogP contribution in [-0.4, -0.2) is 22.8 Å². The van der Waals surface area contributed by atoms with Gasteiger partial charge in [-0.3, -0.25) is 0 Å². The van der Waals surface area contributed by atoms with Crippen molar-refractivity contribution in [3.8, 4) is 0 Å². The monoisotopic (exact) mass is 267 g/mol. The van der Waals surface area contributed by atoms with Crippen molar-refractivity contribution in [1.29, 1.82) is 0 Å². The largest absolute Gasteiger partial charge is 0.352 e. The Morgan fingerprint density at radius 3 is 2.50 bits per heavy atom. The molecule has 0 radical (unpaired) electrons. The third kappa shape index (κ3) is 3.35. The Bertz CT molecular complexity index is 358. The van der Waals surface area contributed by atoms with Crippen LogP contribution in [0.1, 0.15) is 45.2 Å². The Labute approximate surface area is 115 Å². The van der Waals surface area contributed by atoms with Gasteiger partial charge in [0.2, 0.25) is 0 Å². The molecule has 0 aliphatic heterocycles. The molecule has 1 aromatic heterocycles. The molecule has 0 aromatic carbocycles. The molecule has 2 rings (SSSR count). The van der Waals surface area contributed by atoms with Crippen LogP contribution in [0, 0.1) is 5.92 Å². The first-order valence-corrected chi connectivity index (χ1v) is 7.39. The van der Waals surface area contributed by atoms with Gasteiger partial charge in [0, 0.05) is 12.6 Å². The lowest BCUT2D eigenvalue weighted by Crippen LogP contribution is -2.37. The minimum Gasteiger partial charge on any atom is -0.352 e. The second-order valence-corrected chi connectivity index (χ2v) is 5.77. The Morgan fingerprint density at radius 2 is 2.00 bits per heavy atom. The average molecular weight is 268 g/mol. The van der Waals surface area contributed by atoms with Gasteiger partial charge in [0.25, 0.3) is 0 Å². The first-order valence-electron chi connectivity index (χ1n) is 6.86. The van der Waals surface area contributed by atoms with Crippen molar-refractivity contribution in [1.82, 2.24) is 10.2 Å². The van der Waals surface area contributed by atoms with Crippen molar-refractivity contribution in [2.24, 2.45) is 5.92 Å². The van der Waals surface area contributed by atoms with E-state index in [0.29, 0.717) is 17.8 Å². The first-order chi connectivity index (χ1) is 8.70. The zero-order valence-corrected chi connectivity index (χ0v) is 12.0. The zero-order chi connectivity index (χ0) is 13.0. The van der Waals surface area contributed by atoms with Gasteiger partial charge in [0.1, 0.15) is 0 Å². The number of aromatic nitrogens is 2. The minimum atomic E-state index is 0.431. The van der Waals surface area contributed by atoms with Gasteiger partial charge < -0.3 is 4.90 Å². The standard InChI is InChI=1S/C14H22ClN3/c1-11(2)10-18(13-5-3-4-6-13)14-8-7-12(9-15)16-17-14/h7-8,11,13H,3-6,9-10H2,1-2H3. The third-order valence-electron chi connectivity index (χ3n) is 3.46. The van der Waals surface area contributed by atoms with Gasteiger partial charge in [0.15, 0.2) is 5.82 Å². The van der Waals surface area contributed by atoms with Crippen LogP contribution in [0.4, 0.5) is 5.82 Å². The van der Waals surface area contributed by atoms with Gasteiger partial charge in [-0.2, -0.15) is 5.10 Å². The van der Waals surface area contributed by atoms with E-state index in [1.807, 2.05) is 6.07 Å². The van der Waals surface area contributed by atoms with E-state index < -0.39 is 0 Å². The van der Waals surface area contributed by atoms with Crippen molar-refractivity contribution in [3.63, 3.8) is 0 Å². The number of hydrogen-bond acceptors (Lipinski definition) is 3. The third-order valence-corrected chi connectivity index (χ3v) is 3.74. The maximum absolute atomic E-state index is 5.75. The Hall–Kier alpha value is -0.830. The quantitative estimate of drug-likeness (QED) is 0.763. The van der Waals surface area contributed by atoms with Gasteiger partial charge >= 0.3 is 0 Å². The van der Waals surface area contributed by atoms with Crippen LogP contribution in [0.2, 0.25) is 0 Å². The van der Waals surface area contributed by atoms with Gasteiger partial charge in [-0.25, -0.2) is 0 Å². The molecule has 0 atom stereocenters. The summed E-state index contributed by atoms with van der Waals surface area (Å²) in [6.07, 6.45) is 5.25. The molecular weight excluding hydrogens is 246 g/mol. The van der Waals surface area contributed by atoms with Crippen LogP contribution in [0.3, 0.4) is 0 Å². The highest BCUT2D eigenvalue weighted by atomic mass is 35.5. The summed E-state index contributed by atoms with van der Waals surface area (Å²) < 4.78 is 0. The molecule has 1 aliphatic carbocycles. The number of halogens is 1. The summed E-state index contributed by atoms with van der Waals surface area (Å²) in [6.45, 7) is 5.56. The molecule has 1 heterocycles. The van der Waals surface area contributed by atoms with Gasteiger partial charge in [0.05, 0.1) is 11.6 Å². The smallest absolute Gasteiger partial charge is 0.151 e. The lowest BCUT2D eigenvalue weighted by molar-refractivity contribution is 0.529. The van der Waals surface area contributed by atoms with Crippen molar-refractivity contribution in [3.05, 3.63) is 17.8 Å². The lowest BCUT2D eigenvalue weighted by Gasteiger charge is -2.31. The molecule has 100 valence electrons. The topological polar surface area (TPSA) is 29.0 Å². The van der Waals surface area contributed by atoms with Crippen molar-refractivity contribution < 1.29 is 0 Å². The summed E-state index contributed by atoms with van der Waals surface area (Å²) >= 11 is 5.75. The molecule has 0 spiro atoms. The number of anilines is 1. The Balaban J connectivity index is 2.15. The summed E-state index contributed by atoms with van der Waals surface area (Å²) in [5.74, 6) is 2.07. The molecule has 0 amide bonds. The molecule has 4 heteroatoms. The SMILES string of the molecule is CC(C)CN(c1ccc(CCl)nn1)C1CCCC1. The lowest BCUT2D eigenvalue weighted by atomic mass is 10.1. The molecule has 1 aromatic rings.